The smallest absolute Gasteiger partial charge is 0.365 e. The Hall–Kier alpha value is -0.700. The number of phenols is 2. The van der Waals surface area contributed by atoms with Crippen molar-refractivity contribution >= 4 is 57.7 Å². The summed E-state index contributed by atoms with van der Waals surface area (Å²) in [6.07, 6.45) is -1.74. The van der Waals surface area contributed by atoms with Crippen LogP contribution in [0.15, 0.2) is 33.2 Å². The van der Waals surface area contributed by atoms with E-state index in [0.29, 0.717) is 20.1 Å². The molecule has 0 bridgehead atoms. The third kappa shape index (κ3) is 8.20. The monoisotopic (exact) mass is 712 g/mol. The van der Waals surface area contributed by atoms with E-state index in [0.717, 1.165) is 0 Å². The molecule has 0 fully saturated rings. The fraction of sp³-hybridized carbons (Fsp3) is 0.556. The molecule has 0 saturated carbocycles. The van der Waals surface area contributed by atoms with Crippen molar-refractivity contribution in [3.8, 4) is 11.5 Å². The van der Waals surface area contributed by atoms with Crippen LogP contribution in [0.2, 0.25) is 0 Å². The SMILES string of the molecule is CC(C)OP(=O)(OC(C)C)c1cc(C(C)(C)c2cc(Br)c(O)c(P(=O)(OC(C)C)OC(C)C)c2)cc(Br)c1O. The van der Waals surface area contributed by atoms with Crippen molar-refractivity contribution < 1.29 is 37.4 Å². The first-order chi connectivity index (χ1) is 17.7. The summed E-state index contributed by atoms with van der Waals surface area (Å²) in [5, 5.41) is 21.9. The van der Waals surface area contributed by atoms with Crippen molar-refractivity contribution in [3.63, 3.8) is 0 Å². The standard InChI is InChI=1S/C27H40Br2O8P2/c1-15(2)34-38(32,35-16(3)4)23-13-19(11-21(28)25(23)30)27(9,10)20-12-22(29)26(31)24(14-20)39(33,36-17(5)6)37-18(7)8/h11-18,30-31H,1-10H3. The average Bonchev–Trinajstić information content (AvgIpc) is 2.74. The number of phenolic OH excluding ortho intramolecular Hbond substituents is 2. The van der Waals surface area contributed by atoms with Crippen molar-refractivity contribution in [1.82, 2.24) is 0 Å². The van der Waals surface area contributed by atoms with Crippen LogP contribution in [0.3, 0.4) is 0 Å². The molecule has 0 saturated heterocycles. The van der Waals surface area contributed by atoms with Gasteiger partial charge in [-0.3, -0.25) is 9.13 Å². The Balaban J connectivity index is 2.82. The minimum Gasteiger partial charge on any atom is -0.506 e. The topological polar surface area (TPSA) is 112 Å². The summed E-state index contributed by atoms with van der Waals surface area (Å²) in [4.78, 5) is 0. The predicted molar refractivity (Wildman–Crippen MR) is 163 cm³/mol. The number of benzene rings is 2. The number of hydrogen-bond donors (Lipinski definition) is 2. The van der Waals surface area contributed by atoms with E-state index >= 15 is 0 Å². The molecule has 2 aromatic rings. The maximum atomic E-state index is 14.0. The van der Waals surface area contributed by atoms with Crippen LogP contribution in [0.5, 0.6) is 11.5 Å². The van der Waals surface area contributed by atoms with Crippen LogP contribution in [0, 0.1) is 0 Å². The Bertz CT molecular complexity index is 1150. The molecule has 0 aromatic heterocycles. The Labute approximate surface area is 249 Å². The second kappa shape index (κ2) is 13.1. The first-order valence-electron chi connectivity index (χ1n) is 12.7. The van der Waals surface area contributed by atoms with Crippen LogP contribution in [-0.4, -0.2) is 34.6 Å². The number of hydrogen-bond acceptors (Lipinski definition) is 8. The molecular formula is C27H40Br2O8P2. The molecule has 0 unspecified atom stereocenters. The van der Waals surface area contributed by atoms with E-state index in [1.54, 1.807) is 79.7 Å². The molecule has 220 valence electrons. The minimum atomic E-state index is -3.94. The van der Waals surface area contributed by atoms with Gasteiger partial charge in [0.25, 0.3) is 0 Å². The molecule has 2 aromatic carbocycles. The summed E-state index contributed by atoms with van der Waals surface area (Å²) in [5.74, 6) is -0.487. The molecule has 2 rings (SSSR count). The summed E-state index contributed by atoms with van der Waals surface area (Å²) in [6, 6.07) is 6.62. The molecule has 2 N–H and O–H groups in total. The van der Waals surface area contributed by atoms with Crippen LogP contribution in [0.25, 0.3) is 0 Å². The van der Waals surface area contributed by atoms with Crippen LogP contribution < -0.4 is 10.6 Å². The molecule has 0 heterocycles. The number of halogens is 2. The Morgan fingerprint density at radius 3 is 1.10 bits per heavy atom. The third-order valence-corrected chi connectivity index (χ3v) is 11.4. The van der Waals surface area contributed by atoms with Crippen molar-refractivity contribution in [2.75, 3.05) is 0 Å². The maximum absolute atomic E-state index is 14.0. The molecular weight excluding hydrogens is 674 g/mol. The Kier molecular flexibility index (Phi) is 11.6. The van der Waals surface area contributed by atoms with E-state index in [1.165, 1.54) is 0 Å². The summed E-state index contributed by atoms with van der Waals surface area (Å²) in [6.45, 7) is 17.7. The second-order valence-electron chi connectivity index (χ2n) is 10.9. The van der Waals surface area contributed by atoms with Gasteiger partial charge in [0.1, 0.15) is 22.1 Å². The van der Waals surface area contributed by atoms with E-state index in [-0.39, 0.29) is 22.1 Å². The van der Waals surface area contributed by atoms with Crippen molar-refractivity contribution in [2.24, 2.45) is 0 Å². The molecule has 0 aliphatic carbocycles. The van der Waals surface area contributed by atoms with Gasteiger partial charge in [0.2, 0.25) is 0 Å². The van der Waals surface area contributed by atoms with Crippen LogP contribution >= 0.6 is 47.1 Å². The molecule has 0 aliphatic rings. The highest BCUT2D eigenvalue weighted by atomic mass is 79.9. The predicted octanol–water partition coefficient (Wildman–Crippen LogP) is 8.29. The molecule has 0 aliphatic heterocycles. The summed E-state index contributed by atoms with van der Waals surface area (Å²) >= 11 is 6.79. The first-order valence-corrected chi connectivity index (χ1v) is 17.4. The number of aromatic hydroxyl groups is 2. The summed E-state index contributed by atoms with van der Waals surface area (Å²) in [7, 11) is -7.87. The highest BCUT2D eigenvalue weighted by Crippen LogP contribution is 2.55. The normalized spacial score (nSPS) is 13.3. The van der Waals surface area contributed by atoms with E-state index in [2.05, 4.69) is 31.9 Å². The van der Waals surface area contributed by atoms with Gasteiger partial charge in [-0.15, -0.1) is 0 Å². The lowest BCUT2D eigenvalue weighted by Crippen LogP contribution is -2.25. The van der Waals surface area contributed by atoms with Gasteiger partial charge >= 0.3 is 15.2 Å². The van der Waals surface area contributed by atoms with E-state index < -0.39 is 45.0 Å². The Morgan fingerprint density at radius 1 is 0.615 bits per heavy atom. The lowest BCUT2D eigenvalue weighted by Gasteiger charge is -2.31. The molecule has 0 amide bonds. The van der Waals surface area contributed by atoms with Crippen molar-refractivity contribution in [2.45, 2.75) is 99.1 Å². The van der Waals surface area contributed by atoms with Crippen molar-refractivity contribution in [1.29, 1.82) is 0 Å². The first kappa shape index (κ1) is 34.5. The van der Waals surface area contributed by atoms with Gasteiger partial charge in [-0.2, -0.15) is 0 Å². The van der Waals surface area contributed by atoms with Crippen LogP contribution in [-0.2, 0) is 32.6 Å². The molecule has 12 heteroatoms. The van der Waals surface area contributed by atoms with Gasteiger partial charge in [-0.1, -0.05) is 13.8 Å². The summed E-state index contributed by atoms with van der Waals surface area (Å²) in [5.41, 5.74) is 0.474. The largest absolute Gasteiger partial charge is 0.506 e. The lowest BCUT2D eigenvalue weighted by atomic mass is 9.78. The molecule has 0 radical (unpaired) electrons. The van der Waals surface area contributed by atoms with Gasteiger partial charge in [0.05, 0.1) is 33.4 Å². The average molecular weight is 714 g/mol. The van der Waals surface area contributed by atoms with Crippen LogP contribution in [0.4, 0.5) is 0 Å². The van der Waals surface area contributed by atoms with E-state index in [1.807, 2.05) is 13.8 Å². The molecule has 39 heavy (non-hydrogen) atoms. The zero-order valence-electron chi connectivity index (χ0n) is 24.1. The lowest BCUT2D eigenvalue weighted by molar-refractivity contribution is 0.148. The van der Waals surface area contributed by atoms with Crippen molar-refractivity contribution in [3.05, 3.63) is 44.3 Å². The second-order valence-corrected chi connectivity index (χ2v) is 16.4. The number of rotatable bonds is 12. The fourth-order valence-electron chi connectivity index (χ4n) is 3.86. The van der Waals surface area contributed by atoms with Gasteiger partial charge in [0.15, 0.2) is 0 Å². The van der Waals surface area contributed by atoms with Gasteiger partial charge < -0.3 is 28.3 Å². The third-order valence-electron chi connectivity index (χ3n) is 5.52. The van der Waals surface area contributed by atoms with E-state index in [4.69, 9.17) is 18.1 Å². The quantitative estimate of drug-likeness (QED) is 0.212. The zero-order valence-corrected chi connectivity index (χ0v) is 29.1. The van der Waals surface area contributed by atoms with Gasteiger partial charge in [-0.05, 0) is 123 Å². The van der Waals surface area contributed by atoms with Gasteiger partial charge in [-0.25, -0.2) is 0 Å². The highest BCUT2D eigenvalue weighted by Gasteiger charge is 2.39. The van der Waals surface area contributed by atoms with Crippen LogP contribution in [0.1, 0.15) is 80.4 Å². The molecule has 0 spiro atoms. The molecule has 0 atom stereocenters. The van der Waals surface area contributed by atoms with Gasteiger partial charge in [0, 0.05) is 5.41 Å². The van der Waals surface area contributed by atoms with E-state index in [9.17, 15) is 19.3 Å². The molecule has 8 nitrogen and oxygen atoms in total. The maximum Gasteiger partial charge on any atom is 0.365 e. The minimum absolute atomic E-state index is 0.0253. The zero-order chi connectivity index (χ0) is 30.1. The Morgan fingerprint density at radius 2 is 0.872 bits per heavy atom. The summed E-state index contributed by atoms with van der Waals surface area (Å²) < 4.78 is 51.6. The fourth-order valence-corrected chi connectivity index (χ4v) is 9.22. The highest BCUT2D eigenvalue weighted by molar-refractivity contribution is 9.11.